The van der Waals surface area contributed by atoms with E-state index in [1.54, 1.807) is 12.1 Å². The molecular formula is C25H26FN3O2. The molecule has 0 unspecified atom stereocenters. The number of nitrogens with zero attached hydrogens (tertiary/aromatic N) is 2. The highest BCUT2D eigenvalue weighted by Gasteiger charge is 2.24. The Hall–Kier alpha value is -2.96. The van der Waals surface area contributed by atoms with Crippen molar-refractivity contribution in [3.63, 3.8) is 0 Å². The number of aliphatic hydroxyl groups excluding tert-OH is 1. The molecule has 160 valence electrons. The number of fused-ring (bicyclic) bond motifs is 5. The maximum Gasteiger partial charge on any atom is 0.165 e. The van der Waals surface area contributed by atoms with Crippen LogP contribution >= 0.6 is 0 Å². The molecule has 0 atom stereocenters. The molecule has 1 aliphatic rings. The number of halogens is 1. The molecule has 0 spiro atoms. The molecule has 4 aromatic rings. The molecule has 0 saturated carbocycles. The number of aliphatic hydroxyl groups is 1. The van der Waals surface area contributed by atoms with Crippen molar-refractivity contribution in [1.29, 1.82) is 0 Å². The van der Waals surface area contributed by atoms with Gasteiger partial charge in [0.1, 0.15) is 0 Å². The largest absolute Gasteiger partial charge is 0.491 e. The Bertz CT molecular complexity index is 1250. The van der Waals surface area contributed by atoms with Crippen LogP contribution in [0.4, 0.5) is 4.39 Å². The minimum atomic E-state index is -0.348. The maximum atomic E-state index is 14.4. The average molecular weight is 420 g/mol. The van der Waals surface area contributed by atoms with Crippen molar-refractivity contribution in [3.05, 3.63) is 70.8 Å². The summed E-state index contributed by atoms with van der Waals surface area (Å²) >= 11 is 0. The van der Waals surface area contributed by atoms with E-state index in [4.69, 9.17) is 9.72 Å². The van der Waals surface area contributed by atoms with Gasteiger partial charge in [-0.2, -0.15) is 0 Å². The van der Waals surface area contributed by atoms with Crippen molar-refractivity contribution in [1.82, 2.24) is 14.9 Å². The number of rotatable bonds is 6. The van der Waals surface area contributed by atoms with Gasteiger partial charge in [0.2, 0.25) is 0 Å². The number of para-hydroxylation sites is 1. The van der Waals surface area contributed by atoms with Crippen LogP contribution in [0.1, 0.15) is 29.4 Å². The second-order valence-electron chi connectivity index (χ2n) is 8.03. The summed E-state index contributed by atoms with van der Waals surface area (Å²) in [4.78, 5) is 10.8. The molecule has 0 saturated heterocycles. The number of β-amino-alcohol motifs (C(OH)–C–C–N with tert-alkyl or cyclic N) is 1. The summed E-state index contributed by atoms with van der Waals surface area (Å²) in [5.74, 6) is -0.0700. The van der Waals surface area contributed by atoms with Gasteiger partial charge < -0.3 is 14.8 Å². The first-order valence-corrected chi connectivity index (χ1v) is 10.8. The van der Waals surface area contributed by atoms with Gasteiger partial charge in [-0.1, -0.05) is 24.3 Å². The van der Waals surface area contributed by atoms with Crippen molar-refractivity contribution in [2.24, 2.45) is 0 Å². The van der Waals surface area contributed by atoms with Gasteiger partial charge in [0.25, 0.3) is 0 Å². The summed E-state index contributed by atoms with van der Waals surface area (Å²) in [5.41, 5.74) is 6.23. The molecule has 6 heteroatoms. The molecule has 0 amide bonds. The first kappa shape index (κ1) is 20.0. The van der Waals surface area contributed by atoms with Crippen molar-refractivity contribution in [2.75, 3.05) is 26.3 Å². The zero-order valence-corrected chi connectivity index (χ0v) is 17.6. The van der Waals surface area contributed by atoms with E-state index in [1.807, 2.05) is 19.1 Å². The third-order valence-electron chi connectivity index (χ3n) is 6.05. The number of pyridine rings is 1. The number of H-pyrrole nitrogens is 1. The minimum absolute atomic E-state index is 0.142. The van der Waals surface area contributed by atoms with Gasteiger partial charge in [0, 0.05) is 42.3 Å². The molecule has 2 aromatic carbocycles. The number of hydrogen-bond donors (Lipinski definition) is 2. The summed E-state index contributed by atoms with van der Waals surface area (Å²) in [7, 11) is 0. The highest BCUT2D eigenvalue weighted by atomic mass is 19.1. The van der Waals surface area contributed by atoms with Gasteiger partial charge >= 0.3 is 0 Å². The monoisotopic (exact) mass is 419 g/mol. The van der Waals surface area contributed by atoms with Gasteiger partial charge in [-0.3, -0.25) is 9.88 Å². The van der Waals surface area contributed by atoms with E-state index >= 15 is 0 Å². The van der Waals surface area contributed by atoms with Crippen LogP contribution in [0, 0.1) is 5.82 Å². The maximum absolute atomic E-state index is 14.4. The van der Waals surface area contributed by atoms with E-state index in [9.17, 15) is 9.50 Å². The topological polar surface area (TPSA) is 61.4 Å². The fourth-order valence-electron chi connectivity index (χ4n) is 4.64. The molecular weight excluding hydrogens is 393 g/mol. The van der Waals surface area contributed by atoms with Gasteiger partial charge in [0.15, 0.2) is 11.6 Å². The summed E-state index contributed by atoms with van der Waals surface area (Å²) in [6, 6.07) is 13.5. The summed E-state index contributed by atoms with van der Waals surface area (Å²) < 4.78 is 19.8. The normalized spacial score (nSPS) is 14.3. The second kappa shape index (κ2) is 8.29. The molecule has 0 fully saturated rings. The zero-order valence-electron chi connectivity index (χ0n) is 17.6. The van der Waals surface area contributed by atoms with Crippen LogP contribution in [0.3, 0.4) is 0 Å². The lowest BCUT2D eigenvalue weighted by molar-refractivity contribution is 0.183. The quantitative estimate of drug-likeness (QED) is 0.492. The van der Waals surface area contributed by atoms with Crippen LogP contribution in [-0.2, 0) is 19.4 Å². The van der Waals surface area contributed by atoms with Crippen molar-refractivity contribution < 1.29 is 14.2 Å². The molecule has 2 aromatic heterocycles. The summed E-state index contributed by atoms with van der Waals surface area (Å²) in [6.07, 6.45) is 1.43. The van der Waals surface area contributed by atoms with Gasteiger partial charge in [-0.05, 0) is 42.7 Å². The van der Waals surface area contributed by atoms with E-state index in [0.717, 1.165) is 47.5 Å². The van der Waals surface area contributed by atoms with Gasteiger partial charge in [-0.15, -0.1) is 0 Å². The Morgan fingerprint density at radius 3 is 2.90 bits per heavy atom. The summed E-state index contributed by atoms with van der Waals surface area (Å²) in [5, 5.41) is 11.8. The van der Waals surface area contributed by atoms with Crippen molar-refractivity contribution in [3.8, 4) is 5.75 Å². The van der Waals surface area contributed by atoms with E-state index in [1.165, 1.54) is 16.3 Å². The number of aromatic nitrogens is 2. The number of aromatic amines is 1. The average Bonchev–Trinajstić information content (AvgIpc) is 3.16. The first-order valence-electron chi connectivity index (χ1n) is 10.8. The number of hydrogen-bond acceptors (Lipinski definition) is 4. The minimum Gasteiger partial charge on any atom is -0.491 e. The van der Waals surface area contributed by atoms with Crippen LogP contribution in [0.5, 0.6) is 5.75 Å². The van der Waals surface area contributed by atoms with E-state index in [0.29, 0.717) is 19.6 Å². The first-order chi connectivity index (χ1) is 15.2. The predicted molar refractivity (Wildman–Crippen MR) is 120 cm³/mol. The lowest BCUT2D eigenvalue weighted by Gasteiger charge is -2.28. The van der Waals surface area contributed by atoms with Crippen LogP contribution < -0.4 is 4.74 Å². The van der Waals surface area contributed by atoms with E-state index in [-0.39, 0.29) is 18.2 Å². The van der Waals surface area contributed by atoms with E-state index < -0.39 is 0 Å². The SMILES string of the molecule is CCOc1ccc(Cc2nc3c(c4c2[nH]c2ccccc24)CCN(CCO)C3)cc1F. The van der Waals surface area contributed by atoms with Crippen molar-refractivity contribution in [2.45, 2.75) is 26.3 Å². The Labute approximate surface area is 180 Å². The molecule has 1 aliphatic heterocycles. The second-order valence-corrected chi connectivity index (χ2v) is 8.03. The lowest BCUT2D eigenvalue weighted by Crippen LogP contribution is -2.33. The molecule has 3 heterocycles. The Morgan fingerprint density at radius 1 is 1.23 bits per heavy atom. The molecule has 0 radical (unpaired) electrons. The molecule has 0 bridgehead atoms. The fraction of sp³-hybridized carbons (Fsp3) is 0.320. The Balaban J connectivity index is 1.63. The highest BCUT2D eigenvalue weighted by molar-refractivity contribution is 6.10. The van der Waals surface area contributed by atoms with Crippen LogP contribution in [-0.4, -0.2) is 46.3 Å². The molecule has 31 heavy (non-hydrogen) atoms. The molecule has 5 nitrogen and oxygen atoms in total. The number of benzene rings is 2. The smallest absolute Gasteiger partial charge is 0.165 e. The number of ether oxygens (including phenoxy) is 1. The predicted octanol–water partition coefficient (Wildman–Crippen LogP) is 4.20. The zero-order chi connectivity index (χ0) is 21.4. The fourth-order valence-corrected chi connectivity index (χ4v) is 4.64. The molecule has 0 aliphatic carbocycles. The van der Waals surface area contributed by atoms with Gasteiger partial charge in [-0.25, -0.2) is 4.39 Å². The van der Waals surface area contributed by atoms with E-state index in [2.05, 4.69) is 28.1 Å². The Morgan fingerprint density at radius 2 is 2.10 bits per heavy atom. The highest BCUT2D eigenvalue weighted by Crippen LogP contribution is 2.35. The number of nitrogens with one attached hydrogen (secondary N) is 1. The molecule has 2 N–H and O–H groups in total. The standard InChI is InChI=1S/C25H26FN3O2/c1-2-31-23-8-7-16(13-19(23)26)14-21-25-24(17-5-3-4-6-20(17)28-25)18-9-10-29(11-12-30)15-22(18)27-21/h3-8,13,28,30H,2,9-12,14-15H2,1H3. The third kappa shape index (κ3) is 3.66. The van der Waals surface area contributed by atoms with Crippen molar-refractivity contribution >= 4 is 21.8 Å². The van der Waals surface area contributed by atoms with Crippen LogP contribution in [0.15, 0.2) is 42.5 Å². The third-order valence-corrected chi connectivity index (χ3v) is 6.05. The lowest BCUT2D eigenvalue weighted by atomic mass is 9.96. The van der Waals surface area contributed by atoms with Gasteiger partial charge in [0.05, 0.1) is 30.1 Å². The van der Waals surface area contributed by atoms with Crippen LogP contribution in [0.25, 0.3) is 21.8 Å². The summed E-state index contributed by atoms with van der Waals surface area (Å²) in [6.45, 7) is 4.69. The Kier molecular flexibility index (Phi) is 5.34. The van der Waals surface area contributed by atoms with Crippen LogP contribution in [0.2, 0.25) is 0 Å². The molecule has 5 rings (SSSR count).